The van der Waals surface area contributed by atoms with E-state index in [1.54, 1.807) is 0 Å². The average molecular weight is 248 g/mol. The van der Waals surface area contributed by atoms with Crippen LogP contribution in [-0.4, -0.2) is 34.9 Å². The third-order valence-electron chi connectivity index (χ3n) is 2.96. The van der Waals surface area contributed by atoms with Crippen LogP contribution in [0, 0.1) is 0 Å². The normalized spacial score (nSPS) is 17.6. The molecule has 0 amide bonds. The SMILES string of the molecule is CCC(C)N([SiH2]O[Si](C)(C)C)C(C)CC. The molecule has 0 saturated heterocycles. The zero-order valence-electron chi connectivity index (χ0n) is 11.6. The molecular formula is C11H29NOSi2. The summed E-state index contributed by atoms with van der Waals surface area (Å²) in [4.78, 5) is 0. The van der Waals surface area contributed by atoms with Crippen LogP contribution in [0.5, 0.6) is 0 Å². The molecule has 2 nitrogen and oxygen atoms in total. The van der Waals surface area contributed by atoms with Crippen molar-refractivity contribution in [3.8, 4) is 0 Å². The zero-order chi connectivity index (χ0) is 12.1. The number of hydrogen-bond acceptors (Lipinski definition) is 2. The molecule has 0 aromatic heterocycles. The first-order chi connectivity index (χ1) is 6.81. The van der Waals surface area contributed by atoms with E-state index < -0.39 is 18.2 Å². The molecule has 15 heavy (non-hydrogen) atoms. The topological polar surface area (TPSA) is 12.5 Å². The summed E-state index contributed by atoms with van der Waals surface area (Å²) in [6.45, 7) is 16.0. The Kier molecular flexibility index (Phi) is 6.99. The van der Waals surface area contributed by atoms with E-state index in [2.05, 4.69) is 51.9 Å². The zero-order valence-corrected chi connectivity index (χ0v) is 14.0. The lowest BCUT2D eigenvalue weighted by atomic mass is 10.2. The molecule has 0 rings (SSSR count). The van der Waals surface area contributed by atoms with Crippen molar-refractivity contribution in [2.75, 3.05) is 0 Å². The maximum atomic E-state index is 6.14. The van der Waals surface area contributed by atoms with Gasteiger partial charge < -0.3 is 8.68 Å². The largest absolute Gasteiger partial charge is 0.449 e. The number of nitrogens with zero attached hydrogens (tertiary/aromatic N) is 1. The van der Waals surface area contributed by atoms with Crippen LogP contribution >= 0.6 is 0 Å². The molecule has 2 unspecified atom stereocenters. The van der Waals surface area contributed by atoms with Crippen LogP contribution in [0.25, 0.3) is 0 Å². The highest BCUT2D eigenvalue weighted by Gasteiger charge is 2.22. The van der Waals surface area contributed by atoms with Crippen molar-refractivity contribution in [2.24, 2.45) is 0 Å². The van der Waals surface area contributed by atoms with Crippen molar-refractivity contribution in [3.05, 3.63) is 0 Å². The van der Waals surface area contributed by atoms with Crippen molar-refractivity contribution in [3.63, 3.8) is 0 Å². The summed E-state index contributed by atoms with van der Waals surface area (Å²) >= 11 is 0. The Labute approximate surface area is 99.5 Å². The van der Waals surface area contributed by atoms with Gasteiger partial charge in [-0.25, -0.2) is 0 Å². The van der Waals surface area contributed by atoms with Crippen molar-refractivity contribution >= 4 is 18.2 Å². The first-order valence-electron chi connectivity index (χ1n) is 6.21. The van der Waals surface area contributed by atoms with Gasteiger partial charge in [0.25, 0.3) is 0 Å². The predicted octanol–water partition coefficient (Wildman–Crippen LogP) is 2.74. The highest BCUT2D eigenvalue weighted by atomic mass is 28.4. The monoisotopic (exact) mass is 247 g/mol. The Hall–Kier alpha value is 0.354. The van der Waals surface area contributed by atoms with Crippen LogP contribution in [0.15, 0.2) is 0 Å². The van der Waals surface area contributed by atoms with Crippen LogP contribution in [0.2, 0.25) is 19.6 Å². The molecule has 0 aliphatic heterocycles. The standard InChI is InChI=1S/C11H29NOSi2/c1-8-10(3)12(11(4)9-2)14-13-15(5,6)7/h10-11H,8-9,14H2,1-7H3. The van der Waals surface area contributed by atoms with Gasteiger partial charge >= 0.3 is 0 Å². The highest BCUT2D eigenvalue weighted by Crippen LogP contribution is 2.12. The van der Waals surface area contributed by atoms with Gasteiger partial charge in [0.1, 0.15) is 0 Å². The van der Waals surface area contributed by atoms with E-state index in [0.29, 0.717) is 12.1 Å². The Bertz CT molecular complexity index is 160. The molecule has 0 N–H and O–H groups in total. The molecule has 0 fully saturated rings. The summed E-state index contributed by atoms with van der Waals surface area (Å²) in [5.74, 6) is 0. The first-order valence-corrected chi connectivity index (χ1v) is 10.8. The quantitative estimate of drug-likeness (QED) is 0.642. The highest BCUT2D eigenvalue weighted by molar-refractivity contribution is 6.73. The Morgan fingerprint density at radius 2 is 1.47 bits per heavy atom. The second-order valence-corrected chi connectivity index (χ2v) is 11.8. The second kappa shape index (κ2) is 6.83. The minimum atomic E-state index is -1.32. The van der Waals surface area contributed by atoms with E-state index in [4.69, 9.17) is 4.12 Å². The van der Waals surface area contributed by atoms with Crippen LogP contribution in [-0.2, 0) is 4.12 Å². The molecule has 0 heterocycles. The predicted molar refractivity (Wildman–Crippen MR) is 74.3 cm³/mol. The Morgan fingerprint density at radius 3 is 1.73 bits per heavy atom. The molecule has 2 atom stereocenters. The van der Waals surface area contributed by atoms with Gasteiger partial charge in [-0.05, 0) is 32.5 Å². The fourth-order valence-corrected chi connectivity index (χ4v) is 4.60. The lowest BCUT2D eigenvalue weighted by molar-refractivity contribution is 0.244. The maximum absolute atomic E-state index is 6.14. The smallest absolute Gasteiger partial charge is 0.227 e. The van der Waals surface area contributed by atoms with Crippen molar-refractivity contribution < 1.29 is 4.12 Å². The van der Waals surface area contributed by atoms with Gasteiger partial charge in [0.05, 0.1) is 0 Å². The molecule has 0 aliphatic carbocycles. The van der Waals surface area contributed by atoms with Gasteiger partial charge in [0, 0.05) is 12.1 Å². The molecule has 92 valence electrons. The second-order valence-electron chi connectivity index (χ2n) is 5.41. The minimum Gasteiger partial charge on any atom is -0.449 e. The van der Waals surface area contributed by atoms with E-state index in [1.165, 1.54) is 12.8 Å². The Balaban J connectivity index is 4.25. The van der Waals surface area contributed by atoms with Crippen molar-refractivity contribution in [2.45, 2.75) is 72.3 Å². The number of hydrogen-bond donors (Lipinski definition) is 0. The molecule has 0 aromatic carbocycles. The maximum Gasteiger partial charge on any atom is 0.227 e. The summed E-state index contributed by atoms with van der Waals surface area (Å²) in [6.07, 6.45) is 2.46. The van der Waals surface area contributed by atoms with E-state index in [1.807, 2.05) is 0 Å². The molecule has 0 aromatic rings. The fraction of sp³-hybridized carbons (Fsp3) is 1.00. The van der Waals surface area contributed by atoms with Gasteiger partial charge in [0.15, 0.2) is 8.32 Å². The van der Waals surface area contributed by atoms with E-state index in [-0.39, 0.29) is 0 Å². The van der Waals surface area contributed by atoms with Gasteiger partial charge in [-0.1, -0.05) is 27.7 Å². The summed E-state index contributed by atoms with van der Waals surface area (Å²) in [5.41, 5.74) is 0. The molecule has 4 heteroatoms. The van der Waals surface area contributed by atoms with Crippen molar-refractivity contribution in [1.29, 1.82) is 0 Å². The number of rotatable bonds is 7. The van der Waals surface area contributed by atoms with Gasteiger partial charge in [-0.15, -0.1) is 0 Å². The Morgan fingerprint density at radius 1 is 1.07 bits per heavy atom. The van der Waals surface area contributed by atoms with Crippen LogP contribution in [0.1, 0.15) is 40.5 Å². The van der Waals surface area contributed by atoms with Gasteiger partial charge in [0.2, 0.25) is 9.92 Å². The summed E-state index contributed by atoms with van der Waals surface area (Å²) in [6, 6.07) is 1.37. The van der Waals surface area contributed by atoms with E-state index >= 15 is 0 Å². The molecular weight excluding hydrogens is 218 g/mol. The van der Waals surface area contributed by atoms with Crippen LogP contribution in [0.4, 0.5) is 0 Å². The van der Waals surface area contributed by atoms with Gasteiger partial charge in [-0.2, -0.15) is 0 Å². The van der Waals surface area contributed by atoms with Gasteiger partial charge in [-0.3, -0.25) is 0 Å². The molecule has 0 spiro atoms. The summed E-state index contributed by atoms with van der Waals surface area (Å²) < 4.78 is 8.76. The first kappa shape index (κ1) is 15.4. The minimum absolute atomic E-state index is 0.501. The van der Waals surface area contributed by atoms with Crippen LogP contribution < -0.4 is 0 Å². The molecule has 0 radical (unpaired) electrons. The molecule has 0 saturated carbocycles. The summed E-state index contributed by atoms with van der Waals surface area (Å²) in [7, 11) is -1.82. The average Bonchev–Trinajstić information content (AvgIpc) is 2.15. The van der Waals surface area contributed by atoms with E-state index in [0.717, 1.165) is 0 Å². The third-order valence-corrected chi connectivity index (χ3v) is 8.49. The fourth-order valence-electron chi connectivity index (χ4n) is 1.43. The van der Waals surface area contributed by atoms with E-state index in [9.17, 15) is 0 Å². The lowest BCUT2D eigenvalue weighted by Crippen LogP contribution is -2.46. The lowest BCUT2D eigenvalue weighted by Gasteiger charge is -2.35. The van der Waals surface area contributed by atoms with Crippen molar-refractivity contribution in [1.82, 2.24) is 4.57 Å². The molecule has 0 bridgehead atoms. The third kappa shape index (κ3) is 6.50. The summed E-state index contributed by atoms with van der Waals surface area (Å²) in [5, 5.41) is 0. The van der Waals surface area contributed by atoms with Crippen LogP contribution in [0.3, 0.4) is 0 Å². The molecule has 0 aliphatic rings.